The van der Waals surface area contributed by atoms with Crippen molar-refractivity contribution in [1.29, 1.82) is 5.26 Å². The highest BCUT2D eigenvalue weighted by molar-refractivity contribution is 6.01. The number of pyridine rings is 1. The van der Waals surface area contributed by atoms with E-state index in [1.54, 1.807) is 30.6 Å². The summed E-state index contributed by atoms with van der Waals surface area (Å²) in [5.74, 6) is 0.828. The number of nitrogens with zero attached hydrogens (tertiary/aromatic N) is 2. The molecule has 7 nitrogen and oxygen atoms in total. The number of aromatic nitrogens is 1. The van der Waals surface area contributed by atoms with Crippen molar-refractivity contribution in [3.63, 3.8) is 0 Å². The second-order valence-corrected chi connectivity index (χ2v) is 5.17. The zero-order valence-corrected chi connectivity index (χ0v) is 14.8. The largest absolute Gasteiger partial charge is 0.493 e. The first-order valence-corrected chi connectivity index (χ1v) is 7.71. The average Bonchev–Trinajstić information content (AvgIpc) is 2.69. The van der Waals surface area contributed by atoms with Crippen molar-refractivity contribution >= 4 is 12.0 Å². The summed E-state index contributed by atoms with van der Waals surface area (Å²) in [6.07, 6.45) is 4.76. The van der Waals surface area contributed by atoms with E-state index in [1.807, 2.05) is 12.1 Å². The minimum Gasteiger partial charge on any atom is -0.493 e. The Morgan fingerprint density at radius 1 is 1.23 bits per heavy atom. The molecular weight excluding hydrogens is 334 g/mol. The number of rotatable bonds is 7. The van der Waals surface area contributed by atoms with E-state index in [0.717, 1.165) is 5.56 Å². The molecule has 26 heavy (non-hydrogen) atoms. The number of hydrogen-bond acceptors (Lipinski definition) is 6. The number of nitrogens with one attached hydrogen (secondary N) is 1. The quantitative estimate of drug-likeness (QED) is 0.606. The van der Waals surface area contributed by atoms with Gasteiger partial charge in [0.2, 0.25) is 5.75 Å². The van der Waals surface area contributed by atoms with Gasteiger partial charge in [-0.2, -0.15) is 5.26 Å². The molecule has 1 amide bonds. The number of hydrogen-bond donors (Lipinski definition) is 1. The number of amides is 1. The molecule has 0 bridgehead atoms. The van der Waals surface area contributed by atoms with Crippen molar-refractivity contribution in [2.45, 2.75) is 6.54 Å². The molecule has 7 heteroatoms. The lowest BCUT2D eigenvalue weighted by Gasteiger charge is -2.13. The standard InChI is InChI=1S/C19H19N3O4/c1-24-16-8-14(9-17(25-2)18(16)26-3)7-15(10-20)19(23)22-12-13-5-4-6-21-11-13/h4-9,11H,12H2,1-3H3,(H,22,23)/b15-7+. The highest BCUT2D eigenvalue weighted by Crippen LogP contribution is 2.38. The van der Waals surface area contributed by atoms with Crippen LogP contribution in [0, 0.1) is 11.3 Å². The van der Waals surface area contributed by atoms with Crippen LogP contribution in [-0.2, 0) is 11.3 Å². The van der Waals surface area contributed by atoms with Crippen LogP contribution in [0.2, 0.25) is 0 Å². The van der Waals surface area contributed by atoms with Crippen molar-refractivity contribution in [3.8, 4) is 23.3 Å². The topological polar surface area (TPSA) is 93.5 Å². The van der Waals surface area contributed by atoms with E-state index in [0.29, 0.717) is 22.8 Å². The number of carbonyl (C=O) groups excluding carboxylic acids is 1. The van der Waals surface area contributed by atoms with Gasteiger partial charge in [0.25, 0.3) is 5.91 Å². The molecule has 0 unspecified atom stereocenters. The zero-order valence-electron chi connectivity index (χ0n) is 14.8. The molecule has 0 saturated heterocycles. The van der Waals surface area contributed by atoms with Crippen molar-refractivity contribution < 1.29 is 19.0 Å². The fourth-order valence-electron chi connectivity index (χ4n) is 2.28. The predicted octanol–water partition coefficient (Wildman–Crippen LogP) is 2.33. The summed E-state index contributed by atoms with van der Waals surface area (Å²) in [7, 11) is 4.50. The van der Waals surface area contributed by atoms with Crippen molar-refractivity contribution in [2.24, 2.45) is 0 Å². The van der Waals surface area contributed by atoms with Crippen LogP contribution < -0.4 is 19.5 Å². The van der Waals surface area contributed by atoms with E-state index in [1.165, 1.54) is 27.4 Å². The maximum absolute atomic E-state index is 12.3. The lowest BCUT2D eigenvalue weighted by molar-refractivity contribution is -0.117. The highest BCUT2D eigenvalue weighted by atomic mass is 16.5. The van der Waals surface area contributed by atoms with Crippen molar-refractivity contribution in [3.05, 3.63) is 53.4 Å². The summed E-state index contributed by atoms with van der Waals surface area (Å²) < 4.78 is 15.8. The Labute approximate surface area is 151 Å². The van der Waals surface area contributed by atoms with E-state index in [9.17, 15) is 10.1 Å². The van der Waals surface area contributed by atoms with E-state index >= 15 is 0 Å². The molecule has 0 saturated carbocycles. The molecule has 1 aromatic carbocycles. The summed E-state index contributed by atoms with van der Waals surface area (Å²) >= 11 is 0. The van der Waals surface area contributed by atoms with Crippen LogP contribution in [-0.4, -0.2) is 32.2 Å². The smallest absolute Gasteiger partial charge is 0.262 e. The Bertz CT molecular complexity index is 817. The average molecular weight is 353 g/mol. The normalized spacial score (nSPS) is 10.6. The first-order chi connectivity index (χ1) is 12.6. The van der Waals surface area contributed by atoms with Crippen LogP contribution in [0.1, 0.15) is 11.1 Å². The third-order valence-electron chi connectivity index (χ3n) is 3.54. The molecule has 0 atom stereocenters. The zero-order chi connectivity index (χ0) is 18.9. The van der Waals surface area contributed by atoms with Gasteiger partial charge in [-0.1, -0.05) is 6.07 Å². The monoisotopic (exact) mass is 353 g/mol. The summed E-state index contributed by atoms with van der Waals surface area (Å²) in [5.41, 5.74) is 1.38. The fraction of sp³-hybridized carbons (Fsp3) is 0.211. The minimum atomic E-state index is -0.481. The van der Waals surface area contributed by atoms with Gasteiger partial charge in [0.05, 0.1) is 21.3 Å². The molecule has 1 heterocycles. The maximum Gasteiger partial charge on any atom is 0.262 e. The van der Waals surface area contributed by atoms with Gasteiger partial charge >= 0.3 is 0 Å². The van der Waals surface area contributed by atoms with Crippen LogP contribution in [0.15, 0.2) is 42.2 Å². The van der Waals surface area contributed by atoms with Gasteiger partial charge in [-0.3, -0.25) is 9.78 Å². The molecule has 1 N–H and O–H groups in total. The van der Waals surface area contributed by atoms with Gasteiger partial charge < -0.3 is 19.5 Å². The number of methoxy groups -OCH3 is 3. The first kappa shape index (κ1) is 18.8. The summed E-state index contributed by atoms with van der Waals surface area (Å²) in [6, 6.07) is 8.84. The van der Waals surface area contributed by atoms with Crippen LogP contribution in [0.5, 0.6) is 17.2 Å². The van der Waals surface area contributed by atoms with Gasteiger partial charge in [-0.05, 0) is 35.4 Å². The molecule has 0 aliphatic rings. The molecule has 2 aromatic rings. The molecule has 0 aliphatic carbocycles. The Kier molecular flexibility index (Phi) is 6.57. The van der Waals surface area contributed by atoms with Crippen LogP contribution in [0.4, 0.5) is 0 Å². The maximum atomic E-state index is 12.3. The summed E-state index contributed by atoms with van der Waals surface area (Å²) in [5, 5.41) is 12.0. The Balaban J connectivity index is 2.24. The van der Waals surface area contributed by atoms with E-state index in [2.05, 4.69) is 10.3 Å². The molecule has 134 valence electrons. The third kappa shape index (κ3) is 4.51. The van der Waals surface area contributed by atoms with Crippen molar-refractivity contribution in [1.82, 2.24) is 10.3 Å². The molecule has 0 aliphatic heterocycles. The third-order valence-corrected chi connectivity index (χ3v) is 3.54. The van der Waals surface area contributed by atoms with Crippen LogP contribution in [0.3, 0.4) is 0 Å². The SMILES string of the molecule is COc1cc(/C=C(\C#N)C(=O)NCc2cccnc2)cc(OC)c1OC. The molecule has 2 rings (SSSR count). The van der Waals surface area contributed by atoms with E-state index in [-0.39, 0.29) is 12.1 Å². The predicted molar refractivity (Wildman–Crippen MR) is 95.8 cm³/mol. The van der Waals surface area contributed by atoms with E-state index < -0.39 is 5.91 Å². The molecule has 0 spiro atoms. The minimum absolute atomic E-state index is 0.0387. The van der Waals surface area contributed by atoms with Gasteiger partial charge in [0.1, 0.15) is 11.6 Å². The Morgan fingerprint density at radius 3 is 2.42 bits per heavy atom. The summed E-state index contributed by atoms with van der Waals surface area (Å²) in [6.45, 7) is 0.279. The molecule has 0 fully saturated rings. The molecule has 0 radical (unpaired) electrons. The van der Waals surface area contributed by atoms with E-state index in [4.69, 9.17) is 14.2 Å². The number of carbonyl (C=O) groups is 1. The van der Waals surface area contributed by atoms with Gasteiger partial charge in [-0.15, -0.1) is 0 Å². The number of nitriles is 1. The lowest BCUT2D eigenvalue weighted by Crippen LogP contribution is -2.24. The highest BCUT2D eigenvalue weighted by Gasteiger charge is 2.14. The number of ether oxygens (including phenoxy) is 3. The first-order valence-electron chi connectivity index (χ1n) is 7.71. The number of benzene rings is 1. The summed E-state index contributed by atoms with van der Waals surface area (Å²) in [4.78, 5) is 16.3. The Hall–Kier alpha value is -3.53. The van der Waals surface area contributed by atoms with Crippen LogP contribution >= 0.6 is 0 Å². The molecular formula is C19H19N3O4. The lowest BCUT2D eigenvalue weighted by atomic mass is 10.1. The second-order valence-electron chi connectivity index (χ2n) is 5.17. The van der Waals surface area contributed by atoms with Gasteiger partial charge in [-0.25, -0.2) is 0 Å². The molecule has 1 aromatic heterocycles. The van der Waals surface area contributed by atoms with Gasteiger partial charge in [0.15, 0.2) is 11.5 Å². The Morgan fingerprint density at radius 2 is 1.92 bits per heavy atom. The van der Waals surface area contributed by atoms with Crippen molar-refractivity contribution in [2.75, 3.05) is 21.3 Å². The second kappa shape index (κ2) is 9.08. The van der Waals surface area contributed by atoms with Gasteiger partial charge in [0, 0.05) is 18.9 Å². The fourth-order valence-corrected chi connectivity index (χ4v) is 2.28. The van der Waals surface area contributed by atoms with Crippen LogP contribution in [0.25, 0.3) is 6.08 Å².